The Morgan fingerprint density at radius 1 is 1.43 bits per heavy atom. The van der Waals surface area contributed by atoms with Gasteiger partial charge in [-0.1, -0.05) is 6.07 Å². The summed E-state index contributed by atoms with van der Waals surface area (Å²) in [6.07, 6.45) is 1.28. The predicted octanol–water partition coefficient (Wildman–Crippen LogP) is 2.04. The maximum Gasteiger partial charge on any atom is 0.165 e. The Morgan fingerprint density at radius 2 is 2.21 bits per heavy atom. The zero-order valence-corrected chi connectivity index (χ0v) is 8.29. The van der Waals surface area contributed by atoms with Gasteiger partial charge in [0.05, 0.1) is 7.11 Å². The Balaban J connectivity index is 2.09. The standard InChI is InChI=1S/C11H14FNO/c1-14-11-7-9(3-4-10(11)12)8-13-5-2-6-13/h3-4,7H,2,5-6,8H2,1H3. The van der Waals surface area contributed by atoms with Crippen LogP contribution >= 0.6 is 0 Å². The third-order valence-electron chi connectivity index (χ3n) is 2.57. The fourth-order valence-corrected chi connectivity index (χ4v) is 1.60. The van der Waals surface area contributed by atoms with Gasteiger partial charge in [0.2, 0.25) is 0 Å². The predicted molar refractivity (Wildman–Crippen MR) is 52.8 cm³/mol. The Labute approximate surface area is 83.3 Å². The van der Waals surface area contributed by atoms with Crippen LogP contribution in [0.4, 0.5) is 4.39 Å². The van der Waals surface area contributed by atoms with Gasteiger partial charge in [0.25, 0.3) is 0 Å². The van der Waals surface area contributed by atoms with E-state index in [4.69, 9.17) is 4.74 Å². The van der Waals surface area contributed by atoms with Crippen molar-refractivity contribution in [3.63, 3.8) is 0 Å². The molecule has 2 nitrogen and oxygen atoms in total. The van der Waals surface area contributed by atoms with Gasteiger partial charge in [-0.2, -0.15) is 0 Å². The average molecular weight is 195 g/mol. The highest BCUT2D eigenvalue weighted by molar-refractivity contribution is 5.30. The molecular weight excluding hydrogens is 181 g/mol. The molecule has 0 aliphatic carbocycles. The van der Waals surface area contributed by atoms with Gasteiger partial charge >= 0.3 is 0 Å². The van der Waals surface area contributed by atoms with Crippen molar-refractivity contribution in [3.05, 3.63) is 29.6 Å². The van der Waals surface area contributed by atoms with Gasteiger partial charge in [0, 0.05) is 6.54 Å². The van der Waals surface area contributed by atoms with E-state index in [2.05, 4.69) is 4.90 Å². The highest BCUT2D eigenvalue weighted by Gasteiger charge is 2.14. The van der Waals surface area contributed by atoms with E-state index in [9.17, 15) is 4.39 Å². The second kappa shape index (κ2) is 3.96. The molecule has 0 unspecified atom stereocenters. The Kier molecular flexibility index (Phi) is 2.68. The first-order valence-corrected chi connectivity index (χ1v) is 4.84. The van der Waals surface area contributed by atoms with E-state index in [1.807, 2.05) is 6.07 Å². The van der Waals surface area contributed by atoms with Crippen molar-refractivity contribution in [1.82, 2.24) is 4.90 Å². The first-order chi connectivity index (χ1) is 6.79. The molecule has 1 fully saturated rings. The lowest BCUT2D eigenvalue weighted by Crippen LogP contribution is -2.36. The summed E-state index contributed by atoms with van der Waals surface area (Å²) in [6.45, 7) is 3.20. The second-order valence-corrected chi connectivity index (χ2v) is 3.60. The lowest BCUT2D eigenvalue weighted by molar-refractivity contribution is 0.172. The van der Waals surface area contributed by atoms with Crippen LogP contribution in [0.15, 0.2) is 18.2 Å². The quantitative estimate of drug-likeness (QED) is 0.731. The first kappa shape index (κ1) is 9.46. The molecule has 1 aliphatic heterocycles. The van der Waals surface area contributed by atoms with Crippen molar-refractivity contribution < 1.29 is 9.13 Å². The van der Waals surface area contributed by atoms with E-state index in [1.54, 1.807) is 6.07 Å². The van der Waals surface area contributed by atoms with Crippen molar-refractivity contribution in [2.45, 2.75) is 13.0 Å². The average Bonchev–Trinajstić information content (AvgIpc) is 2.14. The molecule has 1 heterocycles. The first-order valence-electron chi connectivity index (χ1n) is 4.84. The molecule has 2 rings (SSSR count). The van der Waals surface area contributed by atoms with Crippen LogP contribution < -0.4 is 4.74 Å². The van der Waals surface area contributed by atoms with Crippen molar-refractivity contribution in [2.75, 3.05) is 20.2 Å². The molecule has 0 N–H and O–H groups in total. The summed E-state index contributed by atoms with van der Waals surface area (Å²) in [5.41, 5.74) is 1.11. The summed E-state index contributed by atoms with van der Waals surface area (Å²) in [7, 11) is 1.49. The zero-order valence-electron chi connectivity index (χ0n) is 8.29. The van der Waals surface area contributed by atoms with Crippen LogP contribution in [0.2, 0.25) is 0 Å². The molecule has 0 aromatic heterocycles. The summed E-state index contributed by atoms with van der Waals surface area (Å²) in [5.74, 6) is 0.0443. The van der Waals surface area contributed by atoms with Crippen molar-refractivity contribution in [3.8, 4) is 5.75 Å². The number of benzene rings is 1. The van der Waals surface area contributed by atoms with Gasteiger partial charge < -0.3 is 4.74 Å². The summed E-state index contributed by atoms with van der Waals surface area (Å²) in [6, 6.07) is 5.05. The van der Waals surface area contributed by atoms with Gasteiger partial charge in [-0.15, -0.1) is 0 Å². The Morgan fingerprint density at radius 3 is 2.79 bits per heavy atom. The molecular formula is C11H14FNO. The Bertz CT molecular complexity index is 323. The number of likely N-dealkylation sites (tertiary alicyclic amines) is 1. The van der Waals surface area contributed by atoms with E-state index in [0.29, 0.717) is 5.75 Å². The summed E-state index contributed by atoms with van der Waals surface area (Å²) in [4.78, 5) is 2.33. The second-order valence-electron chi connectivity index (χ2n) is 3.60. The van der Waals surface area contributed by atoms with Crippen LogP contribution in [0.1, 0.15) is 12.0 Å². The maximum absolute atomic E-state index is 13.1. The van der Waals surface area contributed by atoms with Crippen LogP contribution in [0.25, 0.3) is 0 Å². The number of hydrogen-bond donors (Lipinski definition) is 0. The minimum Gasteiger partial charge on any atom is -0.494 e. The molecule has 0 spiro atoms. The highest BCUT2D eigenvalue weighted by Crippen LogP contribution is 2.20. The minimum atomic E-state index is -0.292. The third kappa shape index (κ3) is 1.87. The van der Waals surface area contributed by atoms with E-state index >= 15 is 0 Å². The SMILES string of the molecule is COc1cc(CN2CCC2)ccc1F. The molecule has 76 valence electrons. The van der Waals surface area contributed by atoms with E-state index in [1.165, 1.54) is 19.6 Å². The fourth-order valence-electron chi connectivity index (χ4n) is 1.60. The number of nitrogens with zero attached hydrogens (tertiary/aromatic N) is 1. The summed E-state index contributed by atoms with van der Waals surface area (Å²) < 4.78 is 18.0. The molecule has 1 aliphatic rings. The molecule has 0 radical (unpaired) electrons. The lowest BCUT2D eigenvalue weighted by atomic mass is 10.1. The largest absolute Gasteiger partial charge is 0.494 e. The van der Waals surface area contributed by atoms with Crippen LogP contribution in [-0.2, 0) is 6.54 Å². The molecule has 0 saturated carbocycles. The van der Waals surface area contributed by atoms with Crippen molar-refractivity contribution in [1.29, 1.82) is 0 Å². The van der Waals surface area contributed by atoms with Gasteiger partial charge in [0.15, 0.2) is 11.6 Å². The molecule has 0 bridgehead atoms. The third-order valence-corrected chi connectivity index (χ3v) is 2.57. The molecule has 1 aromatic carbocycles. The molecule has 14 heavy (non-hydrogen) atoms. The number of halogens is 1. The Hall–Kier alpha value is -1.09. The molecule has 0 atom stereocenters. The van der Waals surface area contributed by atoms with Crippen molar-refractivity contribution >= 4 is 0 Å². The van der Waals surface area contributed by atoms with Gasteiger partial charge in [-0.3, -0.25) is 4.90 Å². The fraction of sp³-hybridized carbons (Fsp3) is 0.455. The maximum atomic E-state index is 13.1. The smallest absolute Gasteiger partial charge is 0.165 e. The van der Waals surface area contributed by atoms with Gasteiger partial charge in [-0.25, -0.2) is 4.39 Å². The molecule has 3 heteroatoms. The number of hydrogen-bond acceptors (Lipinski definition) is 2. The number of methoxy groups -OCH3 is 1. The lowest BCUT2D eigenvalue weighted by Gasteiger charge is -2.30. The summed E-state index contributed by atoms with van der Waals surface area (Å²) >= 11 is 0. The number of ether oxygens (including phenoxy) is 1. The van der Waals surface area contributed by atoms with Crippen molar-refractivity contribution in [2.24, 2.45) is 0 Å². The van der Waals surface area contributed by atoms with Crippen LogP contribution in [0, 0.1) is 5.82 Å². The van der Waals surface area contributed by atoms with Crippen LogP contribution in [-0.4, -0.2) is 25.1 Å². The van der Waals surface area contributed by atoms with Crippen LogP contribution in [0.5, 0.6) is 5.75 Å². The highest BCUT2D eigenvalue weighted by atomic mass is 19.1. The van der Waals surface area contributed by atoms with Gasteiger partial charge in [0.1, 0.15) is 0 Å². The van der Waals surface area contributed by atoms with E-state index in [0.717, 1.165) is 25.2 Å². The summed E-state index contributed by atoms with van der Waals surface area (Å²) in [5, 5.41) is 0. The van der Waals surface area contributed by atoms with E-state index < -0.39 is 0 Å². The topological polar surface area (TPSA) is 12.5 Å². The van der Waals surface area contributed by atoms with Crippen LogP contribution in [0.3, 0.4) is 0 Å². The minimum absolute atomic E-state index is 0.292. The monoisotopic (exact) mass is 195 g/mol. The van der Waals surface area contributed by atoms with E-state index in [-0.39, 0.29) is 5.82 Å². The molecule has 1 saturated heterocycles. The normalized spacial score (nSPS) is 16.4. The zero-order chi connectivity index (χ0) is 9.97. The molecule has 0 amide bonds. The van der Waals surface area contributed by atoms with Gasteiger partial charge in [-0.05, 0) is 37.2 Å². The number of rotatable bonds is 3. The molecule has 1 aromatic rings.